The van der Waals surface area contributed by atoms with Gasteiger partial charge in [-0.05, 0) is 36.7 Å². The Kier molecular flexibility index (Phi) is 5.92. The van der Waals surface area contributed by atoms with Gasteiger partial charge in [-0.1, -0.05) is 19.9 Å². The van der Waals surface area contributed by atoms with E-state index in [1.165, 1.54) is 0 Å². The molecule has 0 amide bonds. The standard InChI is InChI=1S/C15H22O5/c1-9-5-10(2)15(20)12(6-9)4-3-11(7-13(16)17)8-14(18)19/h4,9-11H,3,5-8H2,1-2H3,(H,16,17)(H,18,19). The van der Waals surface area contributed by atoms with Crippen molar-refractivity contribution in [2.45, 2.75) is 46.0 Å². The SMILES string of the molecule is CC1CC(=CCC(CC(=O)O)CC(=O)O)C(=O)C(C)C1. The van der Waals surface area contributed by atoms with Crippen molar-refractivity contribution < 1.29 is 24.6 Å². The van der Waals surface area contributed by atoms with Crippen LogP contribution in [0.4, 0.5) is 0 Å². The second-order valence-electron chi connectivity index (χ2n) is 5.84. The molecule has 0 radical (unpaired) electrons. The number of carbonyl (C=O) groups excluding carboxylic acids is 1. The molecule has 5 nitrogen and oxygen atoms in total. The van der Waals surface area contributed by atoms with Gasteiger partial charge in [0.2, 0.25) is 0 Å². The van der Waals surface area contributed by atoms with Gasteiger partial charge in [0.1, 0.15) is 0 Å². The van der Waals surface area contributed by atoms with Gasteiger partial charge in [-0.15, -0.1) is 0 Å². The number of ketones is 1. The molecule has 1 aliphatic carbocycles. The number of Topliss-reactive ketones (excluding diaryl/α,β-unsaturated/α-hetero) is 1. The van der Waals surface area contributed by atoms with E-state index >= 15 is 0 Å². The molecular formula is C15H22O5. The number of carboxylic acids is 2. The molecule has 0 saturated heterocycles. The van der Waals surface area contributed by atoms with Crippen molar-refractivity contribution in [1.82, 2.24) is 0 Å². The molecule has 0 aliphatic heterocycles. The summed E-state index contributed by atoms with van der Waals surface area (Å²) in [6.07, 6.45) is 3.30. The van der Waals surface area contributed by atoms with Crippen LogP contribution in [0, 0.1) is 17.8 Å². The third-order valence-corrected chi connectivity index (χ3v) is 3.71. The zero-order valence-electron chi connectivity index (χ0n) is 12.0. The number of hydrogen-bond donors (Lipinski definition) is 2. The summed E-state index contributed by atoms with van der Waals surface area (Å²) in [4.78, 5) is 33.5. The summed E-state index contributed by atoms with van der Waals surface area (Å²) in [7, 11) is 0. The van der Waals surface area contributed by atoms with Crippen molar-refractivity contribution >= 4 is 17.7 Å². The van der Waals surface area contributed by atoms with Gasteiger partial charge in [-0.3, -0.25) is 14.4 Å². The maximum absolute atomic E-state index is 12.0. The van der Waals surface area contributed by atoms with Crippen LogP contribution < -0.4 is 0 Å². The van der Waals surface area contributed by atoms with E-state index < -0.39 is 17.9 Å². The van der Waals surface area contributed by atoms with Crippen LogP contribution in [0.2, 0.25) is 0 Å². The highest BCUT2D eigenvalue weighted by molar-refractivity contribution is 5.97. The average molecular weight is 282 g/mol. The monoisotopic (exact) mass is 282 g/mol. The van der Waals surface area contributed by atoms with E-state index in [1.54, 1.807) is 6.08 Å². The number of aliphatic carboxylic acids is 2. The summed E-state index contributed by atoms with van der Waals surface area (Å²) in [5, 5.41) is 17.6. The van der Waals surface area contributed by atoms with E-state index in [2.05, 4.69) is 6.92 Å². The molecule has 0 aromatic carbocycles. The second kappa shape index (κ2) is 7.22. The van der Waals surface area contributed by atoms with Crippen LogP contribution in [-0.4, -0.2) is 27.9 Å². The fraction of sp³-hybridized carbons (Fsp3) is 0.667. The Labute approximate surface area is 118 Å². The van der Waals surface area contributed by atoms with Crippen LogP contribution in [0.25, 0.3) is 0 Å². The molecule has 1 saturated carbocycles. The van der Waals surface area contributed by atoms with E-state index in [9.17, 15) is 14.4 Å². The average Bonchev–Trinajstić information content (AvgIpc) is 2.30. The molecule has 0 aromatic rings. The van der Waals surface area contributed by atoms with Gasteiger partial charge in [0.25, 0.3) is 0 Å². The fourth-order valence-corrected chi connectivity index (χ4v) is 2.81. The van der Waals surface area contributed by atoms with Crippen LogP contribution in [-0.2, 0) is 14.4 Å². The number of rotatable bonds is 6. The maximum Gasteiger partial charge on any atom is 0.303 e. The van der Waals surface area contributed by atoms with Crippen molar-refractivity contribution in [1.29, 1.82) is 0 Å². The van der Waals surface area contributed by atoms with E-state index in [1.807, 2.05) is 6.92 Å². The Morgan fingerprint density at radius 1 is 1.25 bits per heavy atom. The molecule has 0 spiro atoms. The Morgan fingerprint density at radius 2 is 1.80 bits per heavy atom. The molecule has 20 heavy (non-hydrogen) atoms. The summed E-state index contributed by atoms with van der Waals surface area (Å²) < 4.78 is 0. The molecular weight excluding hydrogens is 260 g/mol. The van der Waals surface area contributed by atoms with Crippen molar-refractivity contribution in [3.63, 3.8) is 0 Å². The first-order valence-corrected chi connectivity index (χ1v) is 6.96. The summed E-state index contributed by atoms with van der Waals surface area (Å²) in [6, 6.07) is 0. The van der Waals surface area contributed by atoms with Crippen LogP contribution in [0.5, 0.6) is 0 Å². The van der Waals surface area contributed by atoms with Gasteiger partial charge in [-0.25, -0.2) is 0 Å². The number of carbonyl (C=O) groups is 3. The Hall–Kier alpha value is -1.65. The van der Waals surface area contributed by atoms with Crippen molar-refractivity contribution in [3.05, 3.63) is 11.6 Å². The van der Waals surface area contributed by atoms with Gasteiger partial charge >= 0.3 is 11.9 Å². The van der Waals surface area contributed by atoms with E-state index in [4.69, 9.17) is 10.2 Å². The van der Waals surface area contributed by atoms with E-state index in [0.29, 0.717) is 18.8 Å². The van der Waals surface area contributed by atoms with Crippen molar-refractivity contribution in [2.24, 2.45) is 17.8 Å². The lowest BCUT2D eigenvalue weighted by atomic mass is 9.78. The second-order valence-corrected chi connectivity index (χ2v) is 5.84. The topological polar surface area (TPSA) is 91.7 Å². The van der Waals surface area contributed by atoms with Gasteiger partial charge in [-0.2, -0.15) is 0 Å². The zero-order valence-corrected chi connectivity index (χ0v) is 12.0. The summed E-state index contributed by atoms with van der Waals surface area (Å²) in [5.41, 5.74) is 0.733. The van der Waals surface area contributed by atoms with E-state index in [0.717, 1.165) is 12.0 Å². The number of carboxylic acid groups (broad SMARTS) is 2. The van der Waals surface area contributed by atoms with Crippen LogP contribution in [0.3, 0.4) is 0 Å². The lowest BCUT2D eigenvalue weighted by Gasteiger charge is -2.25. The molecule has 1 fully saturated rings. The Morgan fingerprint density at radius 3 is 2.30 bits per heavy atom. The quantitative estimate of drug-likeness (QED) is 0.730. The van der Waals surface area contributed by atoms with Crippen LogP contribution in [0.1, 0.15) is 46.0 Å². The smallest absolute Gasteiger partial charge is 0.303 e. The normalized spacial score (nSPS) is 25.1. The van der Waals surface area contributed by atoms with Crippen molar-refractivity contribution in [3.8, 4) is 0 Å². The van der Waals surface area contributed by atoms with Gasteiger partial charge in [0.05, 0.1) is 0 Å². The molecule has 2 unspecified atom stereocenters. The molecule has 2 N–H and O–H groups in total. The lowest BCUT2D eigenvalue weighted by molar-refractivity contribution is -0.140. The first-order valence-electron chi connectivity index (χ1n) is 6.96. The molecule has 0 bridgehead atoms. The first-order chi connectivity index (χ1) is 9.29. The molecule has 1 aliphatic rings. The summed E-state index contributed by atoms with van der Waals surface area (Å²) >= 11 is 0. The highest BCUT2D eigenvalue weighted by Gasteiger charge is 2.27. The van der Waals surface area contributed by atoms with Crippen LogP contribution in [0.15, 0.2) is 11.6 Å². The highest BCUT2D eigenvalue weighted by atomic mass is 16.4. The Bertz CT molecular complexity index is 408. The van der Waals surface area contributed by atoms with Gasteiger partial charge in [0, 0.05) is 18.8 Å². The fourth-order valence-electron chi connectivity index (χ4n) is 2.81. The third kappa shape index (κ3) is 5.15. The predicted molar refractivity (Wildman–Crippen MR) is 73.3 cm³/mol. The van der Waals surface area contributed by atoms with Gasteiger partial charge < -0.3 is 10.2 Å². The molecule has 0 heterocycles. The van der Waals surface area contributed by atoms with Gasteiger partial charge in [0.15, 0.2) is 5.78 Å². The first kappa shape index (κ1) is 16.4. The number of allylic oxidation sites excluding steroid dienone is 2. The molecule has 0 aromatic heterocycles. The molecule has 1 rings (SSSR count). The maximum atomic E-state index is 12.0. The minimum atomic E-state index is -1.01. The Balaban J connectivity index is 2.72. The highest BCUT2D eigenvalue weighted by Crippen LogP contribution is 2.30. The lowest BCUT2D eigenvalue weighted by Crippen LogP contribution is -2.24. The molecule has 112 valence electrons. The summed E-state index contributed by atoms with van der Waals surface area (Å²) in [6.45, 7) is 3.99. The van der Waals surface area contributed by atoms with Crippen LogP contribution >= 0.6 is 0 Å². The minimum Gasteiger partial charge on any atom is -0.481 e. The minimum absolute atomic E-state index is 0.00222. The number of hydrogen-bond acceptors (Lipinski definition) is 3. The van der Waals surface area contributed by atoms with Crippen molar-refractivity contribution in [2.75, 3.05) is 0 Å². The predicted octanol–water partition coefficient (Wildman–Crippen LogP) is 2.50. The third-order valence-electron chi connectivity index (χ3n) is 3.71. The molecule has 5 heteroatoms. The van der Waals surface area contributed by atoms with E-state index in [-0.39, 0.29) is 24.5 Å². The largest absolute Gasteiger partial charge is 0.481 e. The zero-order chi connectivity index (χ0) is 15.3. The summed E-state index contributed by atoms with van der Waals surface area (Å²) in [5.74, 6) is -1.92. The molecule has 2 atom stereocenters.